The molecule has 0 bridgehead atoms. The van der Waals surface area contributed by atoms with E-state index in [1.54, 1.807) is 13.8 Å². The Labute approximate surface area is 80.7 Å². The van der Waals surface area contributed by atoms with E-state index in [-0.39, 0.29) is 11.9 Å². The summed E-state index contributed by atoms with van der Waals surface area (Å²) in [4.78, 5) is 0. The van der Waals surface area contributed by atoms with Crippen molar-refractivity contribution in [1.82, 2.24) is 0 Å². The van der Waals surface area contributed by atoms with Gasteiger partial charge in [0.05, 0.1) is 6.10 Å². The van der Waals surface area contributed by atoms with Crippen molar-refractivity contribution in [2.24, 2.45) is 0 Å². The largest absolute Gasteiger partial charge is 0.488 e. The first kappa shape index (κ1) is 10.5. The van der Waals surface area contributed by atoms with Crippen LogP contribution in [0.1, 0.15) is 19.4 Å². The van der Waals surface area contributed by atoms with Crippen LogP contribution in [0.5, 0.6) is 5.75 Å². The van der Waals surface area contributed by atoms with E-state index in [0.29, 0.717) is 0 Å². The molecule has 0 fully saturated rings. The average molecular weight is 197 g/mol. The van der Waals surface area contributed by atoms with Gasteiger partial charge in [-0.3, -0.25) is 0 Å². The molecular formula is C10H9F2NO. The van der Waals surface area contributed by atoms with Gasteiger partial charge >= 0.3 is 0 Å². The van der Waals surface area contributed by atoms with Gasteiger partial charge in [-0.25, -0.2) is 8.78 Å². The second-order valence-electron chi connectivity index (χ2n) is 3.01. The maximum atomic E-state index is 13.3. The highest BCUT2D eigenvalue weighted by molar-refractivity contribution is 5.39. The maximum absolute atomic E-state index is 13.3. The quantitative estimate of drug-likeness (QED) is 0.730. The van der Waals surface area contributed by atoms with Crippen LogP contribution in [0.2, 0.25) is 0 Å². The Kier molecular flexibility index (Phi) is 3.03. The number of nitriles is 1. The molecular weight excluding hydrogens is 188 g/mol. The molecule has 0 spiro atoms. The van der Waals surface area contributed by atoms with Gasteiger partial charge in [-0.1, -0.05) is 0 Å². The summed E-state index contributed by atoms with van der Waals surface area (Å²) in [6, 6.07) is 3.63. The van der Waals surface area contributed by atoms with Gasteiger partial charge in [-0.05, 0) is 26.0 Å². The summed E-state index contributed by atoms with van der Waals surface area (Å²) in [5.41, 5.74) is -0.608. The van der Waals surface area contributed by atoms with E-state index < -0.39 is 17.2 Å². The Morgan fingerprint density at radius 3 is 2.50 bits per heavy atom. The second kappa shape index (κ2) is 4.05. The minimum atomic E-state index is -0.943. The van der Waals surface area contributed by atoms with E-state index in [0.717, 1.165) is 6.07 Å². The van der Waals surface area contributed by atoms with E-state index in [2.05, 4.69) is 0 Å². The smallest absolute Gasteiger partial charge is 0.185 e. The molecule has 0 saturated heterocycles. The lowest BCUT2D eigenvalue weighted by Gasteiger charge is -2.10. The van der Waals surface area contributed by atoms with Crippen LogP contribution in [0, 0.1) is 23.0 Å². The molecule has 14 heavy (non-hydrogen) atoms. The van der Waals surface area contributed by atoms with Crippen LogP contribution in [0.25, 0.3) is 0 Å². The van der Waals surface area contributed by atoms with Gasteiger partial charge < -0.3 is 4.74 Å². The molecule has 0 amide bonds. The third kappa shape index (κ3) is 1.99. The van der Waals surface area contributed by atoms with Gasteiger partial charge in [0.25, 0.3) is 0 Å². The van der Waals surface area contributed by atoms with Gasteiger partial charge in [-0.15, -0.1) is 0 Å². The molecule has 0 aliphatic heterocycles. The number of hydrogen-bond acceptors (Lipinski definition) is 2. The lowest BCUT2D eigenvalue weighted by molar-refractivity contribution is 0.230. The highest BCUT2D eigenvalue weighted by Crippen LogP contribution is 2.23. The van der Waals surface area contributed by atoms with Crippen LogP contribution in [-0.4, -0.2) is 6.10 Å². The first-order valence-electron chi connectivity index (χ1n) is 4.11. The molecule has 1 rings (SSSR count). The molecule has 1 aromatic rings. The molecule has 0 saturated carbocycles. The maximum Gasteiger partial charge on any atom is 0.185 e. The van der Waals surface area contributed by atoms with Crippen LogP contribution >= 0.6 is 0 Å². The zero-order valence-electron chi connectivity index (χ0n) is 7.84. The number of rotatable bonds is 2. The lowest BCUT2D eigenvalue weighted by Crippen LogP contribution is -2.08. The Balaban J connectivity index is 3.16. The number of hydrogen-bond donors (Lipinski definition) is 0. The second-order valence-corrected chi connectivity index (χ2v) is 3.01. The fourth-order valence-electron chi connectivity index (χ4n) is 0.981. The number of benzene rings is 1. The number of nitrogens with zero attached hydrogens (tertiary/aromatic N) is 1. The number of ether oxygens (including phenoxy) is 1. The summed E-state index contributed by atoms with van der Waals surface area (Å²) in [6.45, 7) is 3.43. The van der Waals surface area contributed by atoms with E-state index in [1.807, 2.05) is 0 Å². The SMILES string of the molecule is CC(C)Oc1ccc(F)c(C#N)c1F. The predicted molar refractivity (Wildman–Crippen MR) is 46.8 cm³/mol. The zero-order valence-corrected chi connectivity index (χ0v) is 7.84. The Hall–Kier alpha value is -1.63. The van der Waals surface area contributed by atoms with Crippen molar-refractivity contribution in [3.8, 4) is 11.8 Å². The fraction of sp³-hybridized carbons (Fsp3) is 0.300. The van der Waals surface area contributed by atoms with E-state index in [1.165, 1.54) is 12.1 Å². The van der Waals surface area contributed by atoms with Gasteiger partial charge in [-0.2, -0.15) is 5.26 Å². The summed E-state index contributed by atoms with van der Waals surface area (Å²) < 4.78 is 31.2. The van der Waals surface area contributed by atoms with Crippen LogP contribution in [-0.2, 0) is 0 Å². The summed E-state index contributed by atoms with van der Waals surface area (Å²) in [7, 11) is 0. The topological polar surface area (TPSA) is 33.0 Å². The average Bonchev–Trinajstić information content (AvgIpc) is 2.10. The first-order valence-corrected chi connectivity index (χ1v) is 4.11. The van der Waals surface area contributed by atoms with Crippen LogP contribution < -0.4 is 4.74 Å². The van der Waals surface area contributed by atoms with Crippen molar-refractivity contribution in [1.29, 1.82) is 5.26 Å². The van der Waals surface area contributed by atoms with Crippen LogP contribution in [0.15, 0.2) is 12.1 Å². The van der Waals surface area contributed by atoms with Gasteiger partial charge in [0.1, 0.15) is 17.4 Å². The van der Waals surface area contributed by atoms with Crippen molar-refractivity contribution in [3.63, 3.8) is 0 Å². The van der Waals surface area contributed by atoms with Gasteiger partial charge in [0, 0.05) is 0 Å². The Bertz CT molecular complexity index is 382. The molecule has 0 unspecified atom stereocenters. The van der Waals surface area contributed by atoms with Crippen LogP contribution in [0.4, 0.5) is 8.78 Å². The molecule has 0 aromatic heterocycles. The first-order chi connectivity index (χ1) is 6.56. The lowest BCUT2D eigenvalue weighted by atomic mass is 10.2. The summed E-state index contributed by atoms with van der Waals surface area (Å²) >= 11 is 0. The van der Waals surface area contributed by atoms with Gasteiger partial charge in [0.15, 0.2) is 11.6 Å². The summed E-state index contributed by atoms with van der Waals surface area (Å²) in [6.07, 6.45) is -0.221. The van der Waals surface area contributed by atoms with Crippen molar-refractivity contribution < 1.29 is 13.5 Å². The van der Waals surface area contributed by atoms with Crippen molar-refractivity contribution in [2.45, 2.75) is 20.0 Å². The molecule has 0 aliphatic rings. The summed E-state index contributed by atoms with van der Waals surface area (Å²) in [5.74, 6) is -1.92. The van der Waals surface area contributed by atoms with Crippen molar-refractivity contribution >= 4 is 0 Å². The van der Waals surface area contributed by atoms with E-state index in [9.17, 15) is 8.78 Å². The molecule has 0 aliphatic carbocycles. The standard InChI is InChI=1S/C10H9F2NO/c1-6(2)14-9-4-3-8(11)7(5-13)10(9)12/h3-4,6H,1-2H3. The normalized spacial score (nSPS) is 10.0. The van der Waals surface area contributed by atoms with E-state index >= 15 is 0 Å². The van der Waals surface area contributed by atoms with Crippen molar-refractivity contribution in [3.05, 3.63) is 29.3 Å². The Morgan fingerprint density at radius 2 is 2.00 bits per heavy atom. The minimum Gasteiger partial charge on any atom is -0.488 e. The van der Waals surface area contributed by atoms with E-state index in [4.69, 9.17) is 10.00 Å². The van der Waals surface area contributed by atoms with Crippen LogP contribution in [0.3, 0.4) is 0 Å². The number of halogens is 2. The molecule has 1 aromatic carbocycles. The molecule has 4 heteroatoms. The van der Waals surface area contributed by atoms with Gasteiger partial charge in [0.2, 0.25) is 0 Å². The van der Waals surface area contributed by atoms with Crippen molar-refractivity contribution in [2.75, 3.05) is 0 Å². The monoisotopic (exact) mass is 197 g/mol. The zero-order chi connectivity index (χ0) is 10.7. The molecule has 74 valence electrons. The minimum absolute atomic E-state index is 0.0991. The summed E-state index contributed by atoms with van der Waals surface area (Å²) in [5, 5.41) is 8.47. The fourth-order valence-corrected chi connectivity index (χ4v) is 0.981. The third-order valence-electron chi connectivity index (χ3n) is 1.53. The third-order valence-corrected chi connectivity index (χ3v) is 1.53. The molecule has 0 radical (unpaired) electrons. The molecule has 0 heterocycles. The predicted octanol–water partition coefficient (Wildman–Crippen LogP) is 2.62. The highest BCUT2D eigenvalue weighted by atomic mass is 19.1. The highest BCUT2D eigenvalue weighted by Gasteiger charge is 2.14. The molecule has 0 atom stereocenters. The molecule has 2 nitrogen and oxygen atoms in total. The molecule has 0 N–H and O–H groups in total. The Morgan fingerprint density at radius 1 is 1.36 bits per heavy atom.